The van der Waals surface area contributed by atoms with E-state index in [0.29, 0.717) is 48.7 Å². The zero-order chi connectivity index (χ0) is 20.4. The fourth-order valence-electron chi connectivity index (χ4n) is 2.57. The Morgan fingerprint density at radius 1 is 1.07 bits per heavy atom. The smallest absolute Gasteiger partial charge is 0.251 e. The van der Waals surface area contributed by atoms with Crippen LogP contribution in [0.15, 0.2) is 42.5 Å². The topological polar surface area (TPSA) is 76.7 Å². The van der Waals surface area contributed by atoms with Crippen LogP contribution in [0, 0.1) is 6.92 Å². The normalized spacial score (nSPS) is 10.2. The molecule has 2 amide bonds. The molecule has 0 bridgehead atoms. The molecular weight excluding hydrogens is 356 g/mol. The molecule has 2 aromatic rings. The molecule has 2 rings (SSSR count). The van der Waals surface area contributed by atoms with Crippen molar-refractivity contribution < 1.29 is 19.1 Å². The van der Waals surface area contributed by atoms with Crippen LogP contribution in [-0.4, -0.2) is 32.1 Å². The Labute approximate surface area is 166 Å². The SMILES string of the molecule is CCCOc1cc(C)ccc1NC(=O)CCCNC(=O)c1ccc(OC)cc1. The number of benzene rings is 2. The molecule has 0 heterocycles. The number of aryl methyl sites for hydroxylation is 1. The van der Waals surface area contributed by atoms with Gasteiger partial charge in [-0.05, 0) is 61.7 Å². The lowest BCUT2D eigenvalue weighted by molar-refractivity contribution is -0.116. The number of nitrogens with one attached hydrogen (secondary N) is 2. The third-order valence-electron chi connectivity index (χ3n) is 4.09. The maximum atomic E-state index is 12.2. The number of hydrogen-bond donors (Lipinski definition) is 2. The lowest BCUT2D eigenvalue weighted by Crippen LogP contribution is -2.25. The second-order valence-corrected chi connectivity index (χ2v) is 6.48. The molecule has 150 valence electrons. The summed E-state index contributed by atoms with van der Waals surface area (Å²) in [6.07, 6.45) is 1.75. The van der Waals surface area contributed by atoms with Crippen LogP contribution in [0.5, 0.6) is 11.5 Å². The Bertz CT molecular complexity index is 788. The van der Waals surface area contributed by atoms with Crippen molar-refractivity contribution in [1.29, 1.82) is 0 Å². The van der Waals surface area contributed by atoms with Crippen molar-refractivity contribution in [2.45, 2.75) is 33.1 Å². The van der Waals surface area contributed by atoms with Gasteiger partial charge in [0.2, 0.25) is 5.91 Å². The molecule has 0 fully saturated rings. The van der Waals surface area contributed by atoms with Crippen LogP contribution in [0.3, 0.4) is 0 Å². The van der Waals surface area contributed by atoms with E-state index < -0.39 is 0 Å². The minimum atomic E-state index is -0.170. The maximum absolute atomic E-state index is 12.2. The van der Waals surface area contributed by atoms with Gasteiger partial charge in [-0.3, -0.25) is 9.59 Å². The zero-order valence-electron chi connectivity index (χ0n) is 16.7. The van der Waals surface area contributed by atoms with Gasteiger partial charge >= 0.3 is 0 Å². The largest absolute Gasteiger partial charge is 0.497 e. The first-order valence-corrected chi connectivity index (χ1v) is 9.49. The number of carbonyl (C=O) groups excluding carboxylic acids is 2. The van der Waals surface area contributed by atoms with Gasteiger partial charge in [0.25, 0.3) is 5.91 Å². The maximum Gasteiger partial charge on any atom is 0.251 e. The highest BCUT2D eigenvalue weighted by atomic mass is 16.5. The zero-order valence-corrected chi connectivity index (χ0v) is 16.7. The fraction of sp³-hybridized carbons (Fsp3) is 0.364. The Kier molecular flexibility index (Phi) is 8.34. The van der Waals surface area contributed by atoms with E-state index in [2.05, 4.69) is 10.6 Å². The van der Waals surface area contributed by atoms with Crippen LogP contribution < -0.4 is 20.1 Å². The van der Waals surface area contributed by atoms with Gasteiger partial charge in [-0.15, -0.1) is 0 Å². The van der Waals surface area contributed by atoms with Crippen molar-refractivity contribution in [2.75, 3.05) is 25.6 Å². The van der Waals surface area contributed by atoms with Gasteiger partial charge in [-0.1, -0.05) is 13.0 Å². The van der Waals surface area contributed by atoms with Gasteiger partial charge in [0.1, 0.15) is 11.5 Å². The number of carbonyl (C=O) groups is 2. The quantitative estimate of drug-likeness (QED) is 0.608. The third-order valence-corrected chi connectivity index (χ3v) is 4.09. The van der Waals surface area contributed by atoms with Gasteiger partial charge in [-0.25, -0.2) is 0 Å². The van der Waals surface area contributed by atoms with Crippen molar-refractivity contribution in [3.05, 3.63) is 53.6 Å². The number of rotatable bonds is 10. The van der Waals surface area contributed by atoms with Gasteiger partial charge < -0.3 is 20.1 Å². The first-order valence-electron chi connectivity index (χ1n) is 9.49. The predicted octanol–water partition coefficient (Wildman–Crippen LogP) is 3.94. The Balaban J connectivity index is 1.77. The van der Waals surface area contributed by atoms with Crippen molar-refractivity contribution in [2.24, 2.45) is 0 Å². The molecule has 0 atom stereocenters. The first kappa shape index (κ1) is 21.3. The number of anilines is 1. The molecule has 2 N–H and O–H groups in total. The molecule has 0 aliphatic rings. The van der Waals surface area contributed by atoms with E-state index in [-0.39, 0.29) is 11.8 Å². The highest BCUT2D eigenvalue weighted by molar-refractivity contribution is 5.94. The average molecular weight is 384 g/mol. The summed E-state index contributed by atoms with van der Waals surface area (Å²) in [5.41, 5.74) is 2.30. The molecule has 0 aliphatic carbocycles. The van der Waals surface area contributed by atoms with E-state index in [1.165, 1.54) is 0 Å². The lowest BCUT2D eigenvalue weighted by atomic mass is 10.2. The highest BCUT2D eigenvalue weighted by Gasteiger charge is 2.09. The summed E-state index contributed by atoms with van der Waals surface area (Å²) in [6, 6.07) is 12.6. The van der Waals surface area contributed by atoms with Gasteiger partial charge in [-0.2, -0.15) is 0 Å². The predicted molar refractivity (Wildman–Crippen MR) is 110 cm³/mol. The van der Waals surface area contributed by atoms with Crippen molar-refractivity contribution in [3.8, 4) is 11.5 Å². The molecule has 6 heteroatoms. The van der Waals surface area contributed by atoms with Crippen molar-refractivity contribution in [3.63, 3.8) is 0 Å². The Hall–Kier alpha value is -3.02. The molecular formula is C22H28N2O4. The van der Waals surface area contributed by atoms with Crippen molar-refractivity contribution >= 4 is 17.5 Å². The first-order chi connectivity index (χ1) is 13.5. The van der Waals surface area contributed by atoms with Crippen LogP contribution >= 0.6 is 0 Å². The van der Waals surface area contributed by atoms with E-state index in [1.54, 1.807) is 31.4 Å². The molecule has 2 aromatic carbocycles. The van der Waals surface area contributed by atoms with Crippen LogP contribution in [-0.2, 0) is 4.79 Å². The lowest BCUT2D eigenvalue weighted by Gasteiger charge is -2.13. The summed E-state index contributed by atoms with van der Waals surface area (Å²) >= 11 is 0. The molecule has 0 aromatic heterocycles. The summed E-state index contributed by atoms with van der Waals surface area (Å²) < 4.78 is 10.8. The van der Waals surface area contributed by atoms with Gasteiger partial charge in [0, 0.05) is 18.5 Å². The molecule has 28 heavy (non-hydrogen) atoms. The van der Waals surface area contributed by atoms with Crippen LogP contribution in [0.2, 0.25) is 0 Å². The van der Waals surface area contributed by atoms with Crippen LogP contribution in [0.4, 0.5) is 5.69 Å². The van der Waals surface area contributed by atoms with E-state index in [9.17, 15) is 9.59 Å². The summed E-state index contributed by atoms with van der Waals surface area (Å²) in [5, 5.41) is 5.71. The highest BCUT2D eigenvalue weighted by Crippen LogP contribution is 2.26. The monoisotopic (exact) mass is 384 g/mol. The molecule has 0 spiro atoms. The van der Waals surface area contributed by atoms with E-state index in [4.69, 9.17) is 9.47 Å². The van der Waals surface area contributed by atoms with Crippen LogP contribution in [0.1, 0.15) is 42.1 Å². The number of amides is 2. The molecule has 0 saturated heterocycles. The minimum absolute atomic E-state index is 0.108. The van der Waals surface area contributed by atoms with E-state index >= 15 is 0 Å². The van der Waals surface area contributed by atoms with Crippen LogP contribution in [0.25, 0.3) is 0 Å². The molecule has 0 unspecified atom stereocenters. The summed E-state index contributed by atoms with van der Waals surface area (Å²) in [7, 11) is 1.58. The number of methoxy groups -OCH3 is 1. The third kappa shape index (κ3) is 6.61. The average Bonchev–Trinajstić information content (AvgIpc) is 2.71. The standard InChI is InChI=1S/C22H28N2O4/c1-4-14-28-20-15-16(2)7-12-19(20)24-21(25)6-5-13-23-22(26)17-8-10-18(27-3)11-9-17/h7-12,15H,4-6,13-14H2,1-3H3,(H,23,26)(H,24,25). The Morgan fingerprint density at radius 3 is 2.50 bits per heavy atom. The van der Waals surface area contributed by atoms with E-state index in [0.717, 1.165) is 12.0 Å². The minimum Gasteiger partial charge on any atom is -0.497 e. The second kappa shape index (κ2) is 11.0. The second-order valence-electron chi connectivity index (χ2n) is 6.48. The van der Waals surface area contributed by atoms with Gasteiger partial charge in [0.05, 0.1) is 19.4 Å². The van der Waals surface area contributed by atoms with Gasteiger partial charge in [0.15, 0.2) is 0 Å². The molecule has 0 saturated carbocycles. The summed E-state index contributed by atoms with van der Waals surface area (Å²) in [6.45, 7) is 5.04. The summed E-state index contributed by atoms with van der Waals surface area (Å²) in [5.74, 6) is 1.11. The summed E-state index contributed by atoms with van der Waals surface area (Å²) in [4.78, 5) is 24.3. The molecule has 6 nitrogen and oxygen atoms in total. The number of ether oxygens (including phenoxy) is 2. The number of hydrogen-bond acceptors (Lipinski definition) is 4. The van der Waals surface area contributed by atoms with E-state index in [1.807, 2.05) is 32.0 Å². The fourth-order valence-corrected chi connectivity index (χ4v) is 2.57. The molecule has 0 aliphatic heterocycles. The van der Waals surface area contributed by atoms with Crippen molar-refractivity contribution in [1.82, 2.24) is 5.32 Å². The molecule has 0 radical (unpaired) electrons. The Morgan fingerprint density at radius 2 is 1.82 bits per heavy atom.